The molecule has 5 rings (SSSR count). The zero-order valence-corrected chi connectivity index (χ0v) is 23.7. The number of thioether (sulfide) groups is 1. The Balaban J connectivity index is 1.36. The Hall–Kier alpha value is -4.15. The number of hydrogen-bond acceptors (Lipinski definition) is 7. The molecule has 41 heavy (non-hydrogen) atoms. The second kappa shape index (κ2) is 13.5. The summed E-state index contributed by atoms with van der Waals surface area (Å²) in [6, 6.07) is 23.1. The minimum Gasteiger partial charge on any atom is -0.493 e. The van der Waals surface area contributed by atoms with E-state index in [1.807, 2.05) is 53.1 Å². The lowest BCUT2D eigenvalue weighted by atomic mass is 10.1. The first-order valence-electron chi connectivity index (χ1n) is 13.5. The third-order valence-electron chi connectivity index (χ3n) is 7.00. The zero-order chi connectivity index (χ0) is 28.6. The number of methoxy groups -OCH3 is 1. The number of carbonyl (C=O) groups is 2. The van der Waals surface area contributed by atoms with Crippen molar-refractivity contribution in [2.45, 2.75) is 24.3 Å². The van der Waals surface area contributed by atoms with Gasteiger partial charge in [-0.15, -0.1) is 16.9 Å². The van der Waals surface area contributed by atoms with Gasteiger partial charge in [-0.2, -0.15) is 0 Å². The first-order valence-corrected chi connectivity index (χ1v) is 14.5. The number of fused-ring (bicyclic) bond motifs is 1. The predicted molar refractivity (Wildman–Crippen MR) is 158 cm³/mol. The number of urea groups is 1. The number of hydrogen-bond donors (Lipinski definition) is 1. The number of benzene rings is 3. The van der Waals surface area contributed by atoms with Gasteiger partial charge in [-0.05, 0) is 54.3 Å². The number of aryl methyl sites for hydroxylation is 3. The Morgan fingerprint density at radius 1 is 0.976 bits per heavy atom. The van der Waals surface area contributed by atoms with Gasteiger partial charge >= 0.3 is 12.0 Å². The van der Waals surface area contributed by atoms with Gasteiger partial charge in [-0.3, -0.25) is 0 Å². The normalized spacial score (nSPS) is 13.6. The van der Waals surface area contributed by atoms with Gasteiger partial charge in [-0.25, -0.2) is 9.59 Å². The van der Waals surface area contributed by atoms with E-state index in [9.17, 15) is 14.7 Å². The van der Waals surface area contributed by atoms with Crippen LogP contribution in [0.15, 0.2) is 87.9 Å². The largest absolute Gasteiger partial charge is 0.493 e. The van der Waals surface area contributed by atoms with E-state index in [-0.39, 0.29) is 17.5 Å². The number of carbonyl (C=O) groups excluding carboxylic acids is 2. The lowest BCUT2D eigenvalue weighted by Gasteiger charge is -2.24. The van der Waals surface area contributed by atoms with Crippen LogP contribution in [-0.4, -0.2) is 65.7 Å². The van der Waals surface area contributed by atoms with Crippen molar-refractivity contribution < 1.29 is 24.2 Å². The molecule has 0 bridgehead atoms. The smallest absolute Gasteiger partial charge is 0.362 e. The number of morpholine rings is 1. The Kier molecular flexibility index (Phi) is 9.33. The van der Waals surface area contributed by atoms with Gasteiger partial charge in [0, 0.05) is 35.7 Å². The van der Waals surface area contributed by atoms with E-state index in [0.29, 0.717) is 38.4 Å². The van der Waals surface area contributed by atoms with Crippen molar-refractivity contribution in [2.24, 2.45) is 10.2 Å². The van der Waals surface area contributed by atoms with Crippen molar-refractivity contribution in [1.82, 2.24) is 9.47 Å². The van der Waals surface area contributed by atoms with E-state index in [1.165, 1.54) is 7.11 Å². The summed E-state index contributed by atoms with van der Waals surface area (Å²) >= 11 is 1.68. The van der Waals surface area contributed by atoms with Crippen LogP contribution in [0.3, 0.4) is 0 Å². The van der Waals surface area contributed by atoms with Crippen LogP contribution in [0.4, 0.5) is 10.5 Å². The summed E-state index contributed by atoms with van der Waals surface area (Å²) in [5.74, 6) is 0.455. The Morgan fingerprint density at radius 3 is 2.44 bits per heavy atom. The molecule has 1 aliphatic rings. The summed E-state index contributed by atoms with van der Waals surface area (Å²) in [6.07, 6.45) is 1.54. The zero-order valence-electron chi connectivity index (χ0n) is 22.9. The van der Waals surface area contributed by atoms with Crippen LogP contribution in [-0.2, 0) is 28.9 Å². The highest BCUT2D eigenvalue weighted by Gasteiger charge is 2.20. The predicted octanol–water partition coefficient (Wildman–Crippen LogP) is 6.25. The minimum absolute atomic E-state index is 0.0118. The van der Waals surface area contributed by atoms with Gasteiger partial charge in [0.1, 0.15) is 0 Å². The second-order valence-corrected chi connectivity index (χ2v) is 10.8. The van der Waals surface area contributed by atoms with E-state index >= 15 is 0 Å². The third-order valence-corrected chi connectivity index (χ3v) is 8.00. The van der Waals surface area contributed by atoms with Gasteiger partial charge < -0.3 is 24.0 Å². The molecule has 212 valence electrons. The number of esters is 1. The van der Waals surface area contributed by atoms with Crippen LogP contribution >= 0.6 is 11.8 Å². The number of aromatic nitrogens is 1. The molecule has 1 aliphatic heterocycles. The lowest BCUT2D eigenvalue weighted by Crippen LogP contribution is -2.39. The van der Waals surface area contributed by atoms with Gasteiger partial charge in [0.05, 0.1) is 31.4 Å². The summed E-state index contributed by atoms with van der Waals surface area (Å²) in [7, 11) is 1.37. The van der Waals surface area contributed by atoms with E-state index in [4.69, 9.17) is 9.47 Å². The monoisotopic (exact) mass is 572 g/mol. The van der Waals surface area contributed by atoms with Gasteiger partial charge in [0.2, 0.25) is 5.88 Å². The maximum absolute atomic E-state index is 12.6. The number of amides is 2. The first kappa shape index (κ1) is 28.4. The molecule has 10 heteroatoms. The summed E-state index contributed by atoms with van der Waals surface area (Å²) in [5.41, 5.74) is 3.92. The highest BCUT2D eigenvalue weighted by atomic mass is 32.2. The van der Waals surface area contributed by atoms with Crippen LogP contribution in [0.2, 0.25) is 0 Å². The average Bonchev–Trinajstić information content (AvgIpc) is 3.28. The molecule has 1 N–H and O–H groups in total. The molecule has 0 aliphatic carbocycles. The van der Waals surface area contributed by atoms with Gasteiger partial charge in [-0.1, -0.05) is 47.6 Å². The standard InChI is InChI=1S/C31H32N4O5S/c1-39-30(37)24-9-7-23(8-10-24)14-20-41-25-11-12-27-26(21-25)28(32-33-31(38)34-16-18-40-19-17-34)29(36)35(27)15-13-22-5-3-2-4-6-22/h2-12,21,36H,13-20H2,1H3. The minimum atomic E-state index is -0.443. The van der Waals surface area contributed by atoms with Gasteiger partial charge in [0.25, 0.3) is 0 Å². The lowest BCUT2D eigenvalue weighted by molar-refractivity contribution is 0.0552. The molecule has 4 aromatic rings. The Morgan fingerprint density at radius 2 is 1.71 bits per heavy atom. The molecular formula is C31H32N4O5S. The molecule has 1 fully saturated rings. The Bertz CT molecular complexity index is 1530. The van der Waals surface area contributed by atoms with Crippen molar-refractivity contribution in [2.75, 3.05) is 39.2 Å². The Labute approximate surface area is 242 Å². The average molecular weight is 573 g/mol. The summed E-state index contributed by atoms with van der Waals surface area (Å²) in [4.78, 5) is 26.9. The quantitative estimate of drug-likeness (QED) is 0.144. The SMILES string of the molecule is COC(=O)c1ccc(CCSc2ccc3c(c2)c(N=NC(=O)N2CCOCC2)c(O)n3CCc2ccccc2)cc1. The molecule has 3 aromatic carbocycles. The van der Waals surface area contributed by atoms with Crippen molar-refractivity contribution in [3.8, 4) is 5.88 Å². The molecule has 1 saturated heterocycles. The summed E-state index contributed by atoms with van der Waals surface area (Å²) < 4.78 is 11.9. The van der Waals surface area contributed by atoms with Crippen molar-refractivity contribution >= 4 is 40.4 Å². The van der Waals surface area contributed by atoms with Crippen LogP contribution in [0, 0.1) is 0 Å². The fourth-order valence-electron chi connectivity index (χ4n) is 4.73. The van der Waals surface area contributed by atoms with Crippen molar-refractivity contribution in [1.29, 1.82) is 0 Å². The molecule has 1 aromatic heterocycles. The summed E-state index contributed by atoms with van der Waals surface area (Å²) in [6.45, 7) is 2.43. The fourth-order valence-corrected chi connectivity index (χ4v) is 5.66. The molecule has 0 unspecified atom stereocenters. The van der Waals surface area contributed by atoms with Crippen molar-refractivity contribution in [3.05, 3.63) is 89.5 Å². The van der Waals surface area contributed by atoms with Gasteiger partial charge in [0.15, 0.2) is 5.69 Å². The molecule has 9 nitrogen and oxygen atoms in total. The number of aromatic hydroxyl groups is 1. The highest BCUT2D eigenvalue weighted by Crippen LogP contribution is 2.41. The summed E-state index contributed by atoms with van der Waals surface area (Å²) in [5, 5.41) is 20.2. The van der Waals surface area contributed by atoms with E-state index in [1.54, 1.807) is 28.8 Å². The van der Waals surface area contributed by atoms with Crippen LogP contribution in [0.25, 0.3) is 10.9 Å². The first-order chi connectivity index (χ1) is 20.0. The third kappa shape index (κ3) is 6.96. The van der Waals surface area contributed by atoms with E-state index < -0.39 is 6.03 Å². The number of nitrogens with zero attached hydrogens (tertiary/aromatic N) is 4. The maximum atomic E-state index is 12.6. The molecular weight excluding hydrogens is 540 g/mol. The van der Waals surface area contributed by atoms with Crippen molar-refractivity contribution in [3.63, 3.8) is 0 Å². The van der Waals surface area contributed by atoms with E-state index in [2.05, 4.69) is 22.4 Å². The van der Waals surface area contributed by atoms with E-state index in [0.717, 1.165) is 45.5 Å². The van der Waals surface area contributed by atoms with Crippen LogP contribution in [0.5, 0.6) is 5.88 Å². The highest BCUT2D eigenvalue weighted by molar-refractivity contribution is 7.99. The second-order valence-electron chi connectivity index (χ2n) is 9.61. The fraction of sp³-hybridized carbons (Fsp3) is 0.290. The van der Waals surface area contributed by atoms with Crippen LogP contribution in [0.1, 0.15) is 21.5 Å². The molecule has 0 atom stereocenters. The number of ether oxygens (including phenoxy) is 2. The molecule has 0 radical (unpaired) electrons. The maximum Gasteiger partial charge on any atom is 0.362 e. The van der Waals surface area contributed by atoms with Crippen LogP contribution < -0.4 is 0 Å². The molecule has 0 saturated carbocycles. The molecule has 2 amide bonds. The number of rotatable bonds is 9. The molecule has 2 heterocycles. The topological polar surface area (TPSA) is 106 Å². The molecule has 0 spiro atoms. The number of azo groups is 1.